The Balaban J connectivity index is 0.00000196. The predicted octanol–water partition coefficient (Wildman–Crippen LogP) is 3.36. The number of nitrogens with two attached hydrogens (primary N) is 1. The molecule has 0 aliphatic carbocycles. The van der Waals surface area contributed by atoms with E-state index in [-0.39, 0.29) is 24.3 Å². The van der Waals surface area contributed by atoms with Gasteiger partial charge in [-0.05, 0) is 35.9 Å². The molecule has 0 spiro atoms. The van der Waals surface area contributed by atoms with Gasteiger partial charge in [0.25, 0.3) is 0 Å². The lowest BCUT2D eigenvalue weighted by Gasteiger charge is -2.15. The SMILES string of the molecule is Cl.N[C@@H]1CN(Cc2ccn(-c3ccc(F)cc3)n2)C[C@H]1c1ccccc1. The Morgan fingerprint density at radius 1 is 1.00 bits per heavy atom. The molecule has 2 atom stereocenters. The van der Waals surface area contributed by atoms with E-state index < -0.39 is 0 Å². The van der Waals surface area contributed by atoms with Crippen LogP contribution in [0.3, 0.4) is 0 Å². The van der Waals surface area contributed by atoms with Gasteiger partial charge in [0.15, 0.2) is 0 Å². The standard InChI is InChI=1S/C20H21FN4.ClH/c21-16-6-8-18(9-7-16)25-11-10-17(23-25)12-24-13-19(20(22)14-24)15-4-2-1-3-5-15;/h1-11,19-20H,12-14,22H2;1H/t19-,20+;/m0./s1. The summed E-state index contributed by atoms with van der Waals surface area (Å²) in [4.78, 5) is 2.35. The summed E-state index contributed by atoms with van der Waals surface area (Å²) in [5, 5.41) is 4.61. The van der Waals surface area contributed by atoms with Crippen LogP contribution >= 0.6 is 12.4 Å². The van der Waals surface area contributed by atoms with Crippen molar-refractivity contribution in [3.8, 4) is 5.69 Å². The van der Waals surface area contributed by atoms with Gasteiger partial charge in [-0.1, -0.05) is 30.3 Å². The highest BCUT2D eigenvalue weighted by Gasteiger charge is 2.31. The normalized spacial score (nSPS) is 20.1. The molecule has 1 aliphatic heterocycles. The third kappa shape index (κ3) is 3.96. The van der Waals surface area contributed by atoms with E-state index in [0.29, 0.717) is 5.92 Å². The molecule has 0 amide bonds. The fraction of sp³-hybridized carbons (Fsp3) is 0.250. The molecule has 1 aromatic heterocycles. The Labute approximate surface area is 158 Å². The average molecular weight is 373 g/mol. The zero-order valence-corrected chi connectivity index (χ0v) is 15.1. The Morgan fingerprint density at radius 3 is 2.46 bits per heavy atom. The first kappa shape index (κ1) is 18.6. The Kier molecular flexibility index (Phi) is 5.71. The fourth-order valence-electron chi connectivity index (χ4n) is 3.51. The van der Waals surface area contributed by atoms with Crippen molar-refractivity contribution < 1.29 is 4.39 Å². The molecule has 4 nitrogen and oxygen atoms in total. The maximum Gasteiger partial charge on any atom is 0.123 e. The third-order valence-electron chi connectivity index (χ3n) is 4.79. The van der Waals surface area contributed by atoms with E-state index in [2.05, 4.69) is 34.3 Å². The number of nitrogens with zero attached hydrogens (tertiary/aromatic N) is 3. The molecule has 2 aromatic carbocycles. The highest BCUT2D eigenvalue weighted by Crippen LogP contribution is 2.27. The topological polar surface area (TPSA) is 47.1 Å². The van der Waals surface area contributed by atoms with E-state index in [4.69, 9.17) is 5.73 Å². The van der Waals surface area contributed by atoms with Crippen molar-refractivity contribution in [2.75, 3.05) is 13.1 Å². The predicted molar refractivity (Wildman–Crippen MR) is 103 cm³/mol. The molecule has 0 saturated carbocycles. The zero-order chi connectivity index (χ0) is 17.2. The fourth-order valence-corrected chi connectivity index (χ4v) is 3.51. The van der Waals surface area contributed by atoms with Crippen LogP contribution in [0.2, 0.25) is 0 Å². The minimum Gasteiger partial charge on any atom is -0.326 e. The maximum absolute atomic E-state index is 13.0. The number of aromatic nitrogens is 2. The van der Waals surface area contributed by atoms with Crippen LogP contribution < -0.4 is 5.73 Å². The number of hydrogen-bond donors (Lipinski definition) is 1. The summed E-state index contributed by atoms with van der Waals surface area (Å²) in [6.07, 6.45) is 1.91. The van der Waals surface area contributed by atoms with Crippen LogP contribution in [0.25, 0.3) is 5.69 Å². The molecule has 1 aliphatic rings. The molecule has 136 valence electrons. The summed E-state index contributed by atoms with van der Waals surface area (Å²) in [5.41, 5.74) is 9.51. The summed E-state index contributed by atoms with van der Waals surface area (Å²) in [6, 6.07) is 18.9. The molecule has 1 saturated heterocycles. The van der Waals surface area contributed by atoms with Crippen LogP contribution in [0.4, 0.5) is 4.39 Å². The van der Waals surface area contributed by atoms with Crippen molar-refractivity contribution in [2.24, 2.45) is 5.73 Å². The lowest BCUT2D eigenvalue weighted by Crippen LogP contribution is -2.28. The number of benzene rings is 2. The van der Waals surface area contributed by atoms with Crippen LogP contribution in [0, 0.1) is 5.82 Å². The largest absolute Gasteiger partial charge is 0.326 e. The number of likely N-dealkylation sites (tertiary alicyclic amines) is 1. The second kappa shape index (κ2) is 7.99. The van der Waals surface area contributed by atoms with Crippen LogP contribution in [0.15, 0.2) is 66.9 Å². The minimum atomic E-state index is -0.242. The van der Waals surface area contributed by atoms with Crippen LogP contribution in [-0.4, -0.2) is 33.8 Å². The van der Waals surface area contributed by atoms with Crippen molar-refractivity contribution in [3.63, 3.8) is 0 Å². The second-order valence-corrected chi connectivity index (χ2v) is 6.60. The molecule has 2 N–H and O–H groups in total. The van der Waals surface area contributed by atoms with Gasteiger partial charge in [0, 0.05) is 37.8 Å². The first-order chi connectivity index (χ1) is 12.2. The van der Waals surface area contributed by atoms with E-state index in [9.17, 15) is 4.39 Å². The second-order valence-electron chi connectivity index (χ2n) is 6.60. The van der Waals surface area contributed by atoms with Crippen molar-refractivity contribution in [3.05, 3.63) is 83.9 Å². The van der Waals surface area contributed by atoms with Crippen molar-refractivity contribution >= 4 is 12.4 Å². The molecule has 6 heteroatoms. The van der Waals surface area contributed by atoms with Gasteiger partial charge in [-0.3, -0.25) is 4.90 Å². The molecule has 26 heavy (non-hydrogen) atoms. The molecule has 0 radical (unpaired) electrons. The van der Waals surface area contributed by atoms with Crippen molar-refractivity contribution in [2.45, 2.75) is 18.5 Å². The first-order valence-corrected chi connectivity index (χ1v) is 8.52. The van der Waals surface area contributed by atoms with Gasteiger partial charge in [-0.2, -0.15) is 5.10 Å². The van der Waals surface area contributed by atoms with E-state index in [1.807, 2.05) is 18.3 Å². The Bertz CT molecular complexity index is 835. The molecular weight excluding hydrogens is 351 g/mol. The van der Waals surface area contributed by atoms with E-state index in [1.54, 1.807) is 16.8 Å². The Hall–Kier alpha value is -2.21. The highest BCUT2D eigenvalue weighted by molar-refractivity contribution is 5.85. The third-order valence-corrected chi connectivity index (χ3v) is 4.79. The lowest BCUT2D eigenvalue weighted by atomic mass is 9.95. The molecule has 2 heterocycles. The van der Waals surface area contributed by atoms with Crippen molar-refractivity contribution in [1.29, 1.82) is 0 Å². The van der Waals surface area contributed by atoms with Crippen LogP contribution in [-0.2, 0) is 6.54 Å². The zero-order valence-electron chi connectivity index (χ0n) is 14.3. The van der Waals surface area contributed by atoms with Gasteiger partial charge >= 0.3 is 0 Å². The highest BCUT2D eigenvalue weighted by atomic mass is 35.5. The molecular formula is C20H22ClFN4. The van der Waals surface area contributed by atoms with Crippen LogP contribution in [0.5, 0.6) is 0 Å². The van der Waals surface area contributed by atoms with E-state index in [0.717, 1.165) is 31.0 Å². The maximum atomic E-state index is 13.0. The molecule has 1 fully saturated rings. The van der Waals surface area contributed by atoms with E-state index >= 15 is 0 Å². The summed E-state index contributed by atoms with van der Waals surface area (Å²) in [5.74, 6) is 0.120. The summed E-state index contributed by atoms with van der Waals surface area (Å²) >= 11 is 0. The average Bonchev–Trinajstić information content (AvgIpc) is 3.23. The monoisotopic (exact) mass is 372 g/mol. The van der Waals surface area contributed by atoms with Gasteiger partial charge < -0.3 is 5.73 Å². The summed E-state index contributed by atoms with van der Waals surface area (Å²) in [6.45, 7) is 2.57. The summed E-state index contributed by atoms with van der Waals surface area (Å²) in [7, 11) is 0. The van der Waals surface area contributed by atoms with Gasteiger partial charge in [-0.15, -0.1) is 12.4 Å². The molecule has 4 rings (SSSR count). The van der Waals surface area contributed by atoms with Crippen LogP contribution in [0.1, 0.15) is 17.2 Å². The molecule has 3 aromatic rings. The number of hydrogen-bond acceptors (Lipinski definition) is 3. The molecule has 0 unspecified atom stereocenters. The lowest BCUT2D eigenvalue weighted by molar-refractivity contribution is 0.319. The Morgan fingerprint density at radius 2 is 1.73 bits per heavy atom. The van der Waals surface area contributed by atoms with Crippen molar-refractivity contribution in [1.82, 2.24) is 14.7 Å². The van der Waals surface area contributed by atoms with Gasteiger partial charge in [0.1, 0.15) is 5.82 Å². The van der Waals surface area contributed by atoms with Gasteiger partial charge in [0.2, 0.25) is 0 Å². The van der Waals surface area contributed by atoms with E-state index in [1.165, 1.54) is 17.7 Å². The summed E-state index contributed by atoms with van der Waals surface area (Å²) < 4.78 is 14.8. The quantitative estimate of drug-likeness (QED) is 0.763. The van der Waals surface area contributed by atoms with Gasteiger partial charge in [-0.25, -0.2) is 9.07 Å². The first-order valence-electron chi connectivity index (χ1n) is 8.52. The number of halogens is 2. The molecule has 0 bridgehead atoms. The number of rotatable bonds is 4. The minimum absolute atomic E-state index is 0. The smallest absolute Gasteiger partial charge is 0.123 e. The van der Waals surface area contributed by atoms with Gasteiger partial charge in [0.05, 0.1) is 11.4 Å².